The van der Waals surface area contributed by atoms with Crippen molar-refractivity contribution in [2.45, 2.75) is 13.8 Å². The molecule has 0 spiro atoms. The molecule has 9 nitrogen and oxygen atoms in total. The number of fused-ring (bicyclic) bond motifs is 1. The van der Waals surface area contributed by atoms with Gasteiger partial charge in [0, 0.05) is 62.1 Å². The smallest absolute Gasteiger partial charge is 0.294 e. The van der Waals surface area contributed by atoms with Gasteiger partial charge < -0.3 is 19.7 Å². The van der Waals surface area contributed by atoms with Gasteiger partial charge in [-0.1, -0.05) is 12.1 Å². The van der Waals surface area contributed by atoms with Crippen LogP contribution < -0.4 is 10.2 Å². The fourth-order valence-electron chi connectivity index (χ4n) is 4.13. The minimum Gasteiger partial charge on any atom is -0.368 e. The highest BCUT2D eigenvalue weighted by molar-refractivity contribution is 5.95. The molecule has 0 saturated carbocycles. The fourth-order valence-corrected chi connectivity index (χ4v) is 4.13. The van der Waals surface area contributed by atoms with E-state index in [1.807, 2.05) is 57.0 Å². The van der Waals surface area contributed by atoms with Crippen LogP contribution in [0, 0.1) is 24.0 Å². The maximum atomic E-state index is 11.9. The summed E-state index contributed by atoms with van der Waals surface area (Å²) >= 11 is 0. The second-order valence-electron chi connectivity index (χ2n) is 9.20. The molecule has 0 amide bonds. The zero-order chi connectivity index (χ0) is 25.3. The first-order chi connectivity index (χ1) is 16.6. The lowest BCUT2D eigenvalue weighted by Gasteiger charge is -2.22. The van der Waals surface area contributed by atoms with E-state index in [1.54, 1.807) is 12.3 Å². The molecule has 0 saturated heterocycles. The number of rotatable bonds is 8. The average molecular weight is 474 g/mol. The van der Waals surface area contributed by atoms with E-state index in [-0.39, 0.29) is 10.6 Å². The predicted molar refractivity (Wildman–Crippen MR) is 142 cm³/mol. The van der Waals surface area contributed by atoms with Gasteiger partial charge in [-0.2, -0.15) is 0 Å². The molecule has 0 atom stereocenters. The Balaban J connectivity index is 1.67. The molecule has 0 aliphatic rings. The summed E-state index contributed by atoms with van der Waals surface area (Å²) in [5, 5.41) is 16.2. The number of aryl methyl sites for hydroxylation is 3. The third kappa shape index (κ3) is 5.09. The molecule has 0 fully saturated rings. The Labute approximate surface area is 205 Å². The van der Waals surface area contributed by atoms with Gasteiger partial charge in [0.05, 0.1) is 16.3 Å². The van der Waals surface area contributed by atoms with Crippen molar-refractivity contribution in [1.82, 2.24) is 19.4 Å². The van der Waals surface area contributed by atoms with E-state index in [1.165, 1.54) is 5.56 Å². The molecule has 1 N–H and O–H groups in total. The van der Waals surface area contributed by atoms with Gasteiger partial charge in [0.1, 0.15) is 5.69 Å². The number of likely N-dealkylation sites (N-methyl/N-ethyl adjacent to an activating group) is 2. The summed E-state index contributed by atoms with van der Waals surface area (Å²) in [7, 11) is 7.85. The second-order valence-corrected chi connectivity index (χ2v) is 9.20. The second kappa shape index (κ2) is 9.71. The molecule has 2 heterocycles. The van der Waals surface area contributed by atoms with Crippen LogP contribution in [0.3, 0.4) is 0 Å². The van der Waals surface area contributed by atoms with E-state index < -0.39 is 0 Å². The van der Waals surface area contributed by atoms with Gasteiger partial charge in [-0.25, -0.2) is 9.97 Å². The molecule has 4 rings (SSSR count). The standard InChI is InChI=1S/C26H31N7O2/c1-17-7-8-19-20(16-32(6)23(19)13-17)21-9-10-27-26(28-21)29-22-15-25(33(34)35)24(14-18(22)2)31(5)12-11-30(3)4/h7-10,13-16H,11-12H2,1-6H3,(H,27,28,29). The third-order valence-corrected chi connectivity index (χ3v) is 6.14. The number of nitrogens with zero attached hydrogens (tertiary/aromatic N) is 6. The summed E-state index contributed by atoms with van der Waals surface area (Å²) in [5.41, 5.74) is 6.22. The van der Waals surface area contributed by atoms with Gasteiger partial charge in [0.15, 0.2) is 0 Å². The van der Waals surface area contributed by atoms with E-state index in [0.29, 0.717) is 23.9 Å². The van der Waals surface area contributed by atoms with Crippen LogP contribution in [0.2, 0.25) is 0 Å². The number of hydrogen-bond donors (Lipinski definition) is 1. The Bertz CT molecular complexity index is 1390. The molecular weight excluding hydrogens is 442 g/mol. The maximum Gasteiger partial charge on any atom is 0.294 e. The van der Waals surface area contributed by atoms with Crippen LogP contribution in [-0.4, -0.2) is 58.6 Å². The van der Waals surface area contributed by atoms with Crippen molar-refractivity contribution < 1.29 is 4.92 Å². The average Bonchev–Trinajstić information content (AvgIpc) is 3.14. The molecule has 35 heavy (non-hydrogen) atoms. The topological polar surface area (TPSA) is 92.4 Å². The summed E-state index contributed by atoms with van der Waals surface area (Å²) in [6.45, 7) is 5.47. The Morgan fingerprint density at radius 3 is 2.57 bits per heavy atom. The van der Waals surface area contributed by atoms with Crippen molar-refractivity contribution in [2.24, 2.45) is 7.05 Å². The lowest BCUT2D eigenvalue weighted by molar-refractivity contribution is -0.384. The zero-order valence-corrected chi connectivity index (χ0v) is 21.0. The first-order valence-electron chi connectivity index (χ1n) is 11.4. The molecule has 0 radical (unpaired) electrons. The SMILES string of the molecule is Cc1ccc2c(-c3ccnc(Nc4cc([N+](=O)[O-])c(N(C)CCN(C)C)cc4C)n3)cn(C)c2c1. The Morgan fingerprint density at radius 2 is 1.86 bits per heavy atom. The summed E-state index contributed by atoms with van der Waals surface area (Å²) < 4.78 is 2.09. The lowest BCUT2D eigenvalue weighted by atomic mass is 10.1. The molecule has 9 heteroatoms. The first-order valence-corrected chi connectivity index (χ1v) is 11.4. The quantitative estimate of drug-likeness (QED) is 0.287. The van der Waals surface area contributed by atoms with Gasteiger partial charge >= 0.3 is 0 Å². The van der Waals surface area contributed by atoms with Gasteiger partial charge in [0.25, 0.3) is 5.69 Å². The number of nitrogens with one attached hydrogen (secondary N) is 1. The van der Waals surface area contributed by atoms with Crippen LogP contribution in [0.4, 0.5) is 23.0 Å². The highest BCUT2D eigenvalue weighted by Crippen LogP contribution is 2.35. The molecule has 4 aromatic rings. The number of anilines is 3. The molecular formula is C26H31N7O2. The van der Waals surface area contributed by atoms with Crippen molar-refractivity contribution in [2.75, 3.05) is 44.4 Å². The molecule has 0 bridgehead atoms. The van der Waals surface area contributed by atoms with Gasteiger partial charge in [-0.15, -0.1) is 0 Å². The van der Waals surface area contributed by atoms with E-state index in [2.05, 4.69) is 46.2 Å². The highest BCUT2D eigenvalue weighted by atomic mass is 16.6. The molecule has 0 aliphatic heterocycles. The van der Waals surface area contributed by atoms with Crippen LogP contribution >= 0.6 is 0 Å². The van der Waals surface area contributed by atoms with Crippen molar-refractivity contribution in [1.29, 1.82) is 0 Å². The number of aromatic nitrogens is 3. The van der Waals surface area contributed by atoms with Crippen LogP contribution in [0.5, 0.6) is 0 Å². The van der Waals surface area contributed by atoms with Gasteiger partial charge in [0.2, 0.25) is 5.95 Å². The number of benzene rings is 2. The Hall–Kier alpha value is -3.98. The third-order valence-electron chi connectivity index (χ3n) is 6.14. The van der Waals surface area contributed by atoms with Crippen molar-refractivity contribution in [3.05, 3.63) is 70.0 Å². The van der Waals surface area contributed by atoms with Crippen LogP contribution in [0.15, 0.2) is 48.8 Å². The summed E-state index contributed by atoms with van der Waals surface area (Å²) in [6.07, 6.45) is 3.76. The lowest BCUT2D eigenvalue weighted by Crippen LogP contribution is -2.29. The van der Waals surface area contributed by atoms with E-state index >= 15 is 0 Å². The molecule has 2 aromatic carbocycles. The monoisotopic (exact) mass is 473 g/mol. The molecule has 0 unspecified atom stereocenters. The van der Waals surface area contributed by atoms with Crippen molar-refractivity contribution in [3.63, 3.8) is 0 Å². The minimum absolute atomic E-state index is 0.0416. The van der Waals surface area contributed by atoms with Crippen molar-refractivity contribution >= 4 is 33.9 Å². The maximum absolute atomic E-state index is 11.9. The Kier molecular flexibility index (Phi) is 6.70. The largest absolute Gasteiger partial charge is 0.368 e. The summed E-state index contributed by atoms with van der Waals surface area (Å²) in [5.74, 6) is 0.387. The first kappa shape index (κ1) is 24.2. The number of nitro benzene ring substituents is 1. The van der Waals surface area contributed by atoms with Crippen molar-refractivity contribution in [3.8, 4) is 11.3 Å². The van der Waals surface area contributed by atoms with E-state index in [9.17, 15) is 10.1 Å². The minimum atomic E-state index is -0.346. The predicted octanol–water partition coefficient (Wildman–Crippen LogP) is 4.90. The van der Waals surface area contributed by atoms with Gasteiger partial charge in [-0.05, 0) is 57.3 Å². The fraction of sp³-hybridized carbons (Fsp3) is 0.308. The normalized spacial score (nSPS) is 11.3. The van der Waals surface area contributed by atoms with E-state index in [4.69, 9.17) is 4.98 Å². The summed E-state index contributed by atoms with van der Waals surface area (Å²) in [6, 6.07) is 11.6. The Morgan fingerprint density at radius 1 is 1.09 bits per heavy atom. The van der Waals surface area contributed by atoms with Crippen LogP contribution in [0.25, 0.3) is 22.2 Å². The summed E-state index contributed by atoms with van der Waals surface area (Å²) in [4.78, 5) is 24.6. The van der Waals surface area contributed by atoms with Crippen LogP contribution in [-0.2, 0) is 7.05 Å². The highest BCUT2D eigenvalue weighted by Gasteiger charge is 2.21. The van der Waals surface area contributed by atoms with E-state index in [0.717, 1.165) is 34.3 Å². The number of hydrogen-bond acceptors (Lipinski definition) is 7. The molecule has 2 aromatic heterocycles. The zero-order valence-electron chi connectivity index (χ0n) is 21.0. The molecule has 0 aliphatic carbocycles. The molecule has 182 valence electrons. The van der Waals surface area contributed by atoms with Gasteiger partial charge in [-0.3, -0.25) is 10.1 Å². The number of nitro groups is 1. The van der Waals surface area contributed by atoms with Crippen LogP contribution in [0.1, 0.15) is 11.1 Å².